The van der Waals surface area contributed by atoms with Crippen LogP contribution in [0.1, 0.15) is 18.0 Å². The number of benzene rings is 2. The van der Waals surface area contributed by atoms with Crippen LogP contribution in [0.5, 0.6) is 0 Å². The fourth-order valence-corrected chi connectivity index (χ4v) is 2.37. The molecule has 0 aliphatic heterocycles. The van der Waals surface area contributed by atoms with Crippen molar-refractivity contribution in [2.75, 3.05) is 27.2 Å². The first-order valence-electron chi connectivity index (χ1n) is 6.98. The maximum absolute atomic E-state index is 9.42. The van der Waals surface area contributed by atoms with Crippen LogP contribution < -0.4 is 5.32 Å². The molecule has 0 radical (unpaired) electrons. The van der Waals surface area contributed by atoms with Crippen LogP contribution in [0.2, 0.25) is 0 Å². The molecular formula is C17H21N3. The van der Waals surface area contributed by atoms with Gasteiger partial charge in [0.2, 0.25) is 0 Å². The van der Waals surface area contributed by atoms with Crippen LogP contribution in [0.15, 0.2) is 42.5 Å². The molecule has 0 bridgehead atoms. The van der Waals surface area contributed by atoms with Crippen molar-refractivity contribution < 1.29 is 0 Å². The van der Waals surface area contributed by atoms with Crippen LogP contribution in [0, 0.1) is 11.3 Å². The van der Waals surface area contributed by atoms with Gasteiger partial charge in [-0.25, -0.2) is 0 Å². The molecule has 0 spiro atoms. The van der Waals surface area contributed by atoms with E-state index in [-0.39, 0.29) is 6.04 Å². The zero-order valence-electron chi connectivity index (χ0n) is 12.1. The Hall–Kier alpha value is -1.89. The maximum atomic E-state index is 9.42. The van der Waals surface area contributed by atoms with Gasteiger partial charge in [0.15, 0.2) is 0 Å². The number of nitriles is 1. The molecular weight excluding hydrogens is 246 g/mol. The molecule has 0 aliphatic carbocycles. The summed E-state index contributed by atoms with van der Waals surface area (Å²) < 4.78 is 0. The molecule has 2 rings (SSSR count). The van der Waals surface area contributed by atoms with Gasteiger partial charge >= 0.3 is 0 Å². The summed E-state index contributed by atoms with van der Waals surface area (Å²) in [5, 5.41) is 15.1. The Bertz CT molecular complexity index is 593. The third-order valence-electron chi connectivity index (χ3n) is 3.39. The molecule has 2 aromatic carbocycles. The predicted octanol–water partition coefficient (Wildman–Crippen LogP) is 2.95. The number of rotatable bonds is 6. The van der Waals surface area contributed by atoms with Crippen molar-refractivity contribution in [1.82, 2.24) is 10.2 Å². The van der Waals surface area contributed by atoms with Crippen molar-refractivity contribution in [3.05, 3.63) is 48.0 Å². The first kappa shape index (κ1) is 14.5. The summed E-state index contributed by atoms with van der Waals surface area (Å²) in [5.41, 5.74) is 1.07. The first-order valence-corrected chi connectivity index (χ1v) is 6.98. The average Bonchev–Trinajstić information content (AvgIpc) is 2.47. The molecule has 0 aliphatic rings. The number of fused-ring (bicyclic) bond motifs is 1. The van der Waals surface area contributed by atoms with Crippen LogP contribution in [-0.2, 0) is 0 Å². The Morgan fingerprint density at radius 1 is 1.15 bits per heavy atom. The van der Waals surface area contributed by atoms with E-state index in [1.165, 1.54) is 5.39 Å². The Labute approximate surface area is 120 Å². The maximum Gasteiger partial charge on any atom is 0.121 e. The third kappa shape index (κ3) is 3.57. The average molecular weight is 267 g/mol. The monoisotopic (exact) mass is 267 g/mol. The van der Waals surface area contributed by atoms with Crippen molar-refractivity contribution in [1.29, 1.82) is 5.26 Å². The van der Waals surface area contributed by atoms with E-state index in [1.54, 1.807) is 0 Å². The zero-order valence-corrected chi connectivity index (χ0v) is 12.1. The molecule has 2 aromatic rings. The predicted molar refractivity (Wildman–Crippen MR) is 83.5 cm³/mol. The fraction of sp³-hybridized carbons (Fsp3) is 0.353. The van der Waals surface area contributed by atoms with E-state index in [0.29, 0.717) is 0 Å². The van der Waals surface area contributed by atoms with Gasteiger partial charge in [0.05, 0.1) is 6.07 Å². The highest BCUT2D eigenvalue weighted by molar-refractivity contribution is 5.86. The quantitative estimate of drug-likeness (QED) is 0.818. The Balaban J connectivity index is 2.12. The Morgan fingerprint density at radius 3 is 2.65 bits per heavy atom. The minimum absolute atomic E-state index is 0.247. The van der Waals surface area contributed by atoms with Crippen molar-refractivity contribution in [3.8, 4) is 6.07 Å². The molecule has 3 nitrogen and oxygen atoms in total. The molecule has 3 heteroatoms. The van der Waals surface area contributed by atoms with Crippen molar-refractivity contribution in [2.45, 2.75) is 12.5 Å². The van der Waals surface area contributed by atoms with Crippen LogP contribution in [0.4, 0.5) is 0 Å². The summed E-state index contributed by atoms with van der Waals surface area (Å²) in [6, 6.07) is 16.5. The van der Waals surface area contributed by atoms with E-state index in [2.05, 4.69) is 48.6 Å². The third-order valence-corrected chi connectivity index (χ3v) is 3.39. The van der Waals surface area contributed by atoms with Gasteiger partial charge in [-0.15, -0.1) is 0 Å². The van der Waals surface area contributed by atoms with E-state index in [4.69, 9.17) is 0 Å². The van der Waals surface area contributed by atoms with E-state index in [0.717, 1.165) is 30.5 Å². The zero-order chi connectivity index (χ0) is 14.4. The van der Waals surface area contributed by atoms with Gasteiger partial charge in [0.1, 0.15) is 6.04 Å². The highest BCUT2D eigenvalue weighted by atomic mass is 15.1. The summed E-state index contributed by atoms with van der Waals surface area (Å²) in [4.78, 5) is 2.15. The summed E-state index contributed by atoms with van der Waals surface area (Å²) in [6.07, 6.45) is 1.04. The minimum atomic E-state index is -0.247. The molecule has 104 valence electrons. The van der Waals surface area contributed by atoms with E-state index in [9.17, 15) is 5.26 Å². The van der Waals surface area contributed by atoms with Crippen LogP contribution in [0.3, 0.4) is 0 Å². The van der Waals surface area contributed by atoms with Crippen molar-refractivity contribution in [3.63, 3.8) is 0 Å². The molecule has 0 saturated heterocycles. The first-order chi connectivity index (χ1) is 9.72. The van der Waals surface area contributed by atoms with Gasteiger partial charge in [-0.05, 0) is 49.9 Å². The highest BCUT2D eigenvalue weighted by Crippen LogP contribution is 2.23. The second-order valence-corrected chi connectivity index (χ2v) is 5.24. The van der Waals surface area contributed by atoms with Crippen molar-refractivity contribution >= 4 is 10.8 Å². The largest absolute Gasteiger partial charge is 0.309 e. The van der Waals surface area contributed by atoms with Crippen LogP contribution >= 0.6 is 0 Å². The van der Waals surface area contributed by atoms with Crippen LogP contribution in [0.25, 0.3) is 10.8 Å². The minimum Gasteiger partial charge on any atom is -0.309 e. The molecule has 1 unspecified atom stereocenters. The topological polar surface area (TPSA) is 39.1 Å². The normalized spacial score (nSPS) is 12.5. The number of nitrogens with one attached hydrogen (secondary N) is 1. The lowest BCUT2D eigenvalue weighted by Crippen LogP contribution is -2.24. The smallest absolute Gasteiger partial charge is 0.121 e. The lowest BCUT2D eigenvalue weighted by Gasteiger charge is -2.15. The van der Waals surface area contributed by atoms with Crippen molar-refractivity contribution in [2.24, 2.45) is 0 Å². The van der Waals surface area contributed by atoms with E-state index in [1.807, 2.05) is 24.3 Å². The van der Waals surface area contributed by atoms with Crippen LogP contribution in [-0.4, -0.2) is 32.1 Å². The summed E-state index contributed by atoms with van der Waals surface area (Å²) in [7, 11) is 4.12. The Kier molecular flexibility index (Phi) is 5.11. The fourth-order valence-electron chi connectivity index (χ4n) is 2.37. The standard InChI is InChI=1S/C17H21N3/c1-20(2)12-6-11-19-17(13-18)16-10-5-8-14-7-3-4-9-15(14)16/h3-5,7-10,17,19H,6,11-12H2,1-2H3. The lowest BCUT2D eigenvalue weighted by molar-refractivity contribution is 0.392. The SMILES string of the molecule is CN(C)CCCNC(C#N)c1cccc2ccccc12. The number of hydrogen-bond donors (Lipinski definition) is 1. The number of nitrogens with zero attached hydrogens (tertiary/aromatic N) is 2. The van der Waals surface area contributed by atoms with Gasteiger partial charge < -0.3 is 4.90 Å². The summed E-state index contributed by atoms with van der Waals surface area (Å²) in [6.45, 7) is 1.88. The Morgan fingerprint density at radius 2 is 1.90 bits per heavy atom. The van der Waals surface area contributed by atoms with Gasteiger partial charge in [-0.2, -0.15) is 5.26 Å². The van der Waals surface area contributed by atoms with Gasteiger partial charge in [0.25, 0.3) is 0 Å². The van der Waals surface area contributed by atoms with E-state index >= 15 is 0 Å². The molecule has 0 amide bonds. The summed E-state index contributed by atoms with van der Waals surface area (Å²) in [5.74, 6) is 0. The molecule has 0 aromatic heterocycles. The molecule has 0 heterocycles. The second-order valence-electron chi connectivity index (χ2n) is 5.24. The molecule has 0 fully saturated rings. The van der Waals surface area contributed by atoms with E-state index < -0.39 is 0 Å². The van der Waals surface area contributed by atoms with Gasteiger partial charge in [0, 0.05) is 0 Å². The molecule has 20 heavy (non-hydrogen) atoms. The second kappa shape index (κ2) is 7.04. The lowest BCUT2D eigenvalue weighted by atomic mass is 9.99. The van der Waals surface area contributed by atoms with Gasteiger partial charge in [-0.3, -0.25) is 5.32 Å². The van der Waals surface area contributed by atoms with Gasteiger partial charge in [-0.1, -0.05) is 42.5 Å². The summed E-state index contributed by atoms with van der Waals surface area (Å²) >= 11 is 0. The highest BCUT2D eigenvalue weighted by Gasteiger charge is 2.12. The molecule has 1 atom stereocenters. The number of hydrogen-bond acceptors (Lipinski definition) is 3. The molecule has 1 N–H and O–H groups in total. The molecule has 0 saturated carbocycles.